The molecule has 1 rings (SSSR count). The van der Waals surface area contributed by atoms with E-state index in [0.29, 0.717) is 13.0 Å². The van der Waals surface area contributed by atoms with Gasteiger partial charge in [0.2, 0.25) is 11.8 Å². The Morgan fingerprint density at radius 1 is 1.36 bits per heavy atom. The van der Waals surface area contributed by atoms with Gasteiger partial charge >= 0.3 is 6.09 Å². The first-order chi connectivity index (χ1) is 11.6. The van der Waals surface area contributed by atoms with Gasteiger partial charge in [0.05, 0.1) is 11.9 Å². The Kier molecular flexibility index (Phi) is 8.15. The Bertz CT molecular complexity index is 518. The molecular formula is C16H26ClN3O5. The number of alkyl halides is 1. The third-order valence-electron chi connectivity index (χ3n) is 3.57. The zero-order chi connectivity index (χ0) is 19.0. The molecule has 0 aromatic heterocycles. The highest BCUT2D eigenvalue weighted by Crippen LogP contribution is 2.18. The van der Waals surface area contributed by atoms with Crippen molar-refractivity contribution in [3.8, 4) is 0 Å². The Hall–Kier alpha value is -1.83. The molecule has 0 spiro atoms. The summed E-state index contributed by atoms with van der Waals surface area (Å²) in [7, 11) is 0. The van der Waals surface area contributed by atoms with E-state index in [2.05, 4.69) is 16.0 Å². The molecule has 142 valence electrons. The minimum absolute atomic E-state index is 0.125. The van der Waals surface area contributed by atoms with Crippen LogP contribution >= 0.6 is 11.6 Å². The molecule has 1 unspecified atom stereocenters. The van der Waals surface area contributed by atoms with Crippen molar-refractivity contribution < 1.29 is 23.9 Å². The summed E-state index contributed by atoms with van der Waals surface area (Å²) in [6.07, 6.45) is 0.945. The first-order valence-electron chi connectivity index (χ1n) is 8.25. The Morgan fingerprint density at radius 3 is 2.60 bits per heavy atom. The lowest BCUT2D eigenvalue weighted by Gasteiger charge is -2.26. The number of amides is 3. The lowest BCUT2D eigenvalue weighted by atomic mass is 9.90. The number of Topliss-reactive ketones (excluding diaryl/α,β-unsaturated/α-hetero) is 1. The van der Waals surface area contributed by atoms with E-state index < -0.39 is 23.6 Å². The van der Waals surface area contributed by atoms with Crippen molar-refractivity contribution in [1.29, 1.82) is 0 Å². The lowest BCUT2D eigenvalue weighted by Crippen LogP contribution is -2.49. The summed E-state index contributed by atoms with van der Waals surface area (Å²) < 4.78 is 5.03. The van der Waals surface area contributed by atoms with Crippen LogP contribution in [0, 0.1) is 5.92 Å². The highest BCUT2D eigenvalue weighted by atomic mass is 35.5. The zero-order valence-electron chi connectivity index (χ0n) is 14.8. The summed E-state index contributed by atoms with van der Waals surface area (Å²) >= 11 is 5.59. The minimum Gasteiger partial charge on any atom is -0.444 e. The second-order valence-electron chi connectivity index (χ2n) is 6.94. The summed E-state index contributed by atoms with van der Waals surface area (Å²) in [4.78, 5) is 47.3. The second-order valence-corrected chi connectivity index (χ2v) is 7.21. The number of carbonyl (C=O) groups excluding carboxylic acids is 4. The van der Waals surface area contributed by atoms with Crippen molar-refractivity contribution in [2.45, 2.75) is 51.7 Å². The van der Waals surface area contributed by atoms with Gasteiger partial charge in [-0.15, -0.1) is 11.6 Å². The van der Waals surface area contributed by atoms with Gasteiger partial charge in [0.15, 0.2) is 5.78 Å². The third-order valence-corrected chi connectivity index (χ3v) is 3.83. The number of alkyl carbamates (subject to hydrolysis) is 1. The fraction of sp³-hybridized carbons (Fsp3) is 0.750. The fourth-order valence-corrected chi connectivity index (χ4v) is 2.61. The van der Waals surface area contributed by atoms with E-state index in [9.17, 15) is 19.2 Å². The predicted octanol–water partition coefficient (Wildman–Crippen LogP) is 0.720. The van der Waals surface area contributed by atoms with Crippen molar-refractivity contribution in [2.75, 3.05) is 19.0 Å². The maximum Gasteiger partial charge on any atom is 0.408 e. The number of hydrogen-bond donors (Lipinski definition) is 3. The van der Waals surface area contributed by atoms with Crippen LogP contribution in [-0.2, 0) is 19.1 Å². The molecule has 1 heterocycles. The number of ketones is 1. The van der Waals surface area contributed by atoms with Gasteiger partial charge in [-0.3, -0.25) is 14.4 Å². The molecule has 1 aliphatic heterocycles. The SMILES string of the molecule is CC(C)(C)OC(=O)NCC(=O)NC(C[C@@H]1CCCNC1=O)C(=O)CCl. The molecule has 0 radical (unpaired) electrons. The van der Waals surface area contributed by atoms with Crippen LogP contribution in [0.3, 0.4) is 0 Å². The van der Waals surface area contributed by atoms with Crippen LogP contribution < -0.4 is 16.0 Å². The Labute approximate surface area is 152 Å². The van der Waals surface area contributed by atoms with Gasteiger partial charge in [-0.1, -0.05) is 0 Å². The number of hydrogen-bond acceptors (Lipinski definition) is 5. The molecule has 9 heteroatoms. The largest absolute Gasteiger partial charge is 0.444 e. The summed E-state index contributed by atoms with van der Waals surface area (Å²) in [6, 6.07) is -0.862. The van der Waals surface area contributed by atoms with Gasteiger partial charge in [-0.25, -0.2) is 4.79 Å². The van der Waals surface area contributed by atoms with Gasteiger partial charge < -0.3 is 20.7 Å². The number of ether oxygens (including phenoxy) is 1. The van der Waals surface area contributed by atoms with Crippen LogP contribution in [-0.4, -0.2) is 54.3 Å². The van der Waals surface area contributed by atoms with Crippen LogP contribution in [0.5, 0.6) is 0 Å². The van der Waals surface area contributed by atoms with Crippen LogP contribution in [0.25, 0.3) is 0 Å². The molecule has 0 aromatic carbocycles. The number of rotatable bonds is 7. The molecule has 0 saturated carbocycles. The van der Waals surface area contributed by atoms with Gasteiger partial charge in [-0.2, -0.15) is 0 Å². The number of carbonyl (C=O) groups is 4. The van der Waals surface area contributed by atoms with Crippen LogP contribution in [0.15, 0.2) is 0 Å². The highest BCUT2D eigenvalue weighted by Gasteiger charge is 2.29. The molecule has 1 fully saturated rings. The van der Waals surface area contributed by atoms with Gasteiger partial charge in [0.1, 0.15) is 12.1 Å². The Morgan fingerprint density at radius 2 is 2.04 bits per heavy atom. The molecule has 0 aromatic rings. The van der Waals surface area contributed by atoms with Crippen LogP contribution in [0.1, 0.15) is 40.0 Å². The average Bonchev–Trinajstić information content (AvgIpc) is 2.52. The summed E-state index contributed by atoms with van der Waals surface area (Å²) in [6.45, 7) is 5.40. The van der Waals surface area contributed by atoms with E-state index in [1.807, 2.05) is 0 Å². The molecule has 0 aliphatic carbocycles. The van der Waals surface area contributed by atoms with Crippen molar-refractivity contribution in [3.05, 3.63) is 0 Å². The highest BCUT2D eigenvalue weighted by molar-refractivity contribution is 6.28. The molecule has 3 N–H and O–H groups in total. The Balaban J connectivity index is 2.53. The molecule has 2 atom stereocenters. The molecule has 8 nitrogen and oxygen atoms in total. The summed E-state index contributed by atoms with van der Waals surface area (Å²) in [5.74, 6) is -1.65. The lowest BCUT2D eigenvalue weighted by molar-refractivity contribution is -0.130. The molecule has 0 bridgehead atoms. The molecule has 25 heavy (non-hydrogen) atoms. The van der Waals surface area contributed by atoms with Crippen molar-refractivity contribution in [2.24, 2.45) is 5.92 Å². The van der Waals surface area contributed by atoms with E-state index in [-0.39, 0.29) is 36.5 Å². The second kappa shape index (κ2) is 9.60. The molecule has 1 saturated heterocycles. The average molecular weight is 376 g/mol. The van der Waals surface area contributed by atoms with Crippen molar-refractivity contribution >= 4 is 35.3 Å². The molecule has 1 aliphatic rings. The maximum atomic E-state index is 12.0. The van der Waals surface area contributed by atoms with Gasteiger partial charge in [0.25, 0.3) is 0 Å². The number of piperidine rings is 1. The standard InChI is InChI=1S/C16H26ClN3O5/c1-16(2,3)25-15(24)19-9-13(22)20-11(12(21)8-17)7-10-5-4-6-18-14(10)23/h10-11H,4-9H2,1-3H3,(H,18,23)(H,19,24)(H,20,22)/t10-,11?/m0/s1. The quantitative estimate of drug-likeness (QED) is 0.567. The summed E-state index contributed by atoms with van der Waals surface area (Å²) in [5.41, 5.74) is -0.675. The van der Waals surface area contributed by atoms with E-state index >= 15 is 0 Å². The van der Waals surface area contributed by atoms with Crippen LogP contribution in [0.2, 0.25) is 0 Å². The first-order valence-corrected chi connectivity index (χ1v) is 8.78. The fourth-order valence-electron chi connectivity index (χ4n) is 2.42. The zero-order valence-corrected chi connectivity index (χ0v) is 15.6. The monoisotopic (exact) mass is 375 g/mol. The van der Waals surface area contributed by atoms with Gasteiger partial charge in [0, 0.05) is 12.5 Å². The number of halogens is 1. The molecular weight excluding hydrogens is 350 g/mol. The first kappa shape index (κ1) is 21.2. The smallest absolute Gasteiger partial charge is 0.408 e. The topological polar surface area (TPSA) is 114 Å². The number of nitrogens with one attached hydrogen (secondary N) is 3. The summed E-state index contributed by atoms with van der Waals surface area (Å²) in [5, 5.41) is 7.59. The third kappa shape index (κ3) is 8.20. The van der Waals surface area contributed by atoms with Crippen molar-refractivity contribution in [3.63, 3.8) is 0 Å². The van der Waals surface area contributed by atoms with E-state index in [0.717, 1.165) is 6.42 Å². The predicted molar refractivity (Wildman–Crippen MR) is 92.2 cm³/mol. The normalized spacial score (nSPS) is 18.7. The van der Waals surface area contributed by atoms with Gasteiger partial charge in [-0.05, 0) is 40.0 Å². The van der Waals surface area contributed by atoms with Crippen molar-refractivity contribution in [1.82, 2.24) is 16.0 Å². The minimum atomic E-state index is -0.862. The van der Waals surface area contributed by atoms with E-state index in [4.69, 9.17) is 16.3 Å². The van der Waals surface area contributed by atoms with E-state index in [1.165, 1.54) is 0 Å². The molecule has 3 amide bonds. The van der Waals surface area contributed by atoms with E-state index in [1.54, 1.807) is 20.8 Å². The maximum absolute atomic E-state index is 12.0. The van der Waals surface area contributed by atoms with Crippen LogP contribution in [0.4, 0.5) is 4.79 Å².